The average Bonchev–Trinajstić information content (AvgIpc) is 3.16. The van der Waals surface area contributed by atoms with Crippen molar-refractivity contribution < 1.29 is 18.8 Å². The average molecular weight is 320 g/mol. The fourth-order valence-electron chi connectivity index (χ4n) is 2.52. The number of ether oxygens (including phenoxy) is 1. The number of hydrogen-bond acceptors (Lipinski definition) is 6. The van der Waals surface area contributed by atoms with Crippen LogP contribution < -0.4 is 5.56 Å². The van der Waals surface area contributed by atoms with Gasteiger partial charge in [0.2, 0.25) is 5.91 Å². The topological polar surface area (TPSA) is 110 Å². The third kappa shape index (κ3) is 3.17. The molecule has 1 aliphatic heterocycles. The van der Waals surface area contributed by atoms with Crippen molar-refractivity contribution in [2.45, 2.75) is 25.9 Å². The minimum absolute atomic E-state index is 0.0408. The molecular formula is C14H16N4O5. The molecule has 3 heterocycles. The molecule has 122 valence electrons. The molecule has 0 saturated heterocycles. The molecule has 3 rings (SSSR count). The normalized spacial score (nSPS) is 13.7. The van der Waals surface area contributed by atoms with Gasteiger partial charge in [-0.1, -0.05) is 0 Å². The molecular weight excluding hydrogens is 304 g/mol. The van der Waals surface area contributed by atoms with Crippen LogP contribution in [-0.2, 0) is 29.0 Å². The maximum absolute atomic E-state index is 12.3. The molecule has 0 fully saturated rings. The summed E-state index contributed by atoms with van der Waals surface area (Å²) in [6, 6.07) is 2.97. The Balaban J connectivity index is 1.62. The van der Waals surface area contributed by atoms with E-state index in [1.54, 1.807) is 15.6 Å². The van der Waals surface area contributed by atoms with Gasteiger partial charge in [-0.25, -0.2) is 4.79 Å². The molecule has 0 bridgehead atoms. The van der Waals surface area contributed by atoms with Crippen LogP contribution in [0.25, 0.3) is 0 Å². The molecule has 0 saturated carbocycles. The lowest BCUT2D eigenvalue weighted by molar-refractivity contribution is -0.132. The Labute approximate surface area is 130 Å². The summed E-state index contributed by atoms with van der Waals surface area (Å²) in [6.07, 6.45) is 0.611. The van der Waals surface area contributed by atoms with E-state index in [1.807, 2.05) is 0 Å². The van der Waals surface area contributed by atoms with Crippen LogP contribution >= 0.6 is 0 Å². The first-order chi connectivity index (χ1) is 11.1. The number of carbonyl (C=O) groups excluding carboxylic acids is 2. The van der Waals surface area contributed by atoms with E-state index in [2.05, 4.69) is 15.0 Å². The first-order valence-electron chi connectivity index (χ1n) is 7.17. The van der Waals surface area contributed by atoms with Gasteiger partial charge in [-0.15, -0.1) is 0 Å². The first kappa shape index (κ1) is 15.1. The summed E-state index contributed by atoms with van der Waals surface area (Å²) in [6.45, 7) is 1.43. The number of aromatic nitrogens is 3. The van der Waals surface area contributed by atoms with E-state index in [9.17, 15) is 14.4 Å². The molecule has 0 aliphatic carbocycles. The Morgan fingerprint density at radius 3 is 2.91 bits per heavy atom. The summed E-state index contributed by atoms with van der Waals surface area (Å²) in [5.74, 6) is -0.0773. The van der Waals surface area contributed by atoms with Crippen LogP contribution in [0.1, 0.15) is 28.4 Å². The van der Waals surface area contributed by atoms with E-state index in [4.69, 9.17) is 4.52 Å². The number of amides is 1. The Kier molecular flexibility index (Phi) is 4.00. The monoisotopic (exact) mass is 320 g/mol. The number of methoxy groups -OCH3 is 1. The molecule has 2 aromatic rings. The van der Waals surface area contributed by atoms with Gasteiger partial charge in [0.15, 0.2) is 5.69 Å². The highest BCUT2D eigenvalue weighted by atomic mass is 16.5. The van der Waals surface area contributed by atoms with E-state index in [0.717, 1.165) is 5.69 Å². The summed E-state index contributed by atoms with van der Waals surface area (Å²) in [5, 5.41) is 6.35. The summed E-state index contributed by atoms with van der Waals surface area (Å²) in [5.41, 5.74) is 0.716. The second kappa shape index (κ2) is 6.11. The number of esters is 1. The number of H-pyrrole nitrogens is 1. The van der Waals surface area contributed by atoms with Crippen molar-refractivity contribution in [2.75, 3.05) is 13.7 Å². The van der Waals surface area contributed by atoms with Crippen LogP contribution in [0, 0.1) is 0 Å². The van der Waals surface area contributed by atoms with E-state index < -0.39 is 5.97 Å². The SMILES string of the molecule is COC(=O)c1cc2n(n1)CCN(C(=O)CCc1cc(=O)[nH]o1)C2. The van der Waals surface area contributed by atoms with E-state index in [1.165, 1.54) is 13.2 Å². The van der Waals surface area contributed by atoms with Crippen LogP contribution in [0.3, 0.4) is 0 Å². The molecule has 2 aromatic heterocycles. The van der Waals surface area contributed by atoms with Crippen LogP contribution in [-0.4, -0.2) is 45.4 Å². The number of nitrogens with one attached hydrogen (secondary N) is 1. The number of hydrogen-bond donors (Lipinski definition) is 1. The third-order valence-electron chi connectivity index (χ3n) is 3.71. The number of aryl methyl sites for hydroxylation is 1. The fraction of sp³-hybridized carbons (Fsp3) is 0.429. The zero-order chi connectivity index (χ0) is 16.4. The van der Waals surface area contributed by atoms with Crippen molar-refractivity contribution in [1.29, 1.82) is 0 Å². The summed E-state index contributed by atoms with van der Waals surface area (Å²) >= 11 is 0. The quantitative estimate of drug-likeness (QED) is 0.789. The predicted molar refractivity (Wildman–Crippen MR) is 76.6 cm³/mol. The molecule has 23 heavy (non-hydrogen) atoms. The highest BCUT2D eigenvalue weighted by molar-refractivity contribution is 5.87. The highest BCUT2D eigenvalue weighted by Crippen LogP contribution is 2.15. The number of aromatic amines is 1. The minimum Gasteiger partial charge on any atom is -0.464 e. The molecule has 1 N–H and O–H groups in total. The maximum Gasteiger partial charge on any atom is 0.358 e. The van der Waals surface area contributed by atoms with Crippen LogP contribution in [0.5, 0.6) is 0 Å². The number of carbonyl (C=O) groups is 2. The van der Waals surface area contributed by atoms with E-state index in [-0.39, 0.29) is 23.6 Å². The zero-order valence-corrected chi connectivity index (χ0v) is 12.6. The second-order valence-electron chi connectivity index (χ2n) is 5.23. The van der Waals surface area contributed by atoms with Gasteiger partial charge in [-0.2, -0.15) is 10.3 Å². The van der Waals surface area contributed by atoms with Crippen molar-refractivity contribution in [3.05, 3.63) is 39.6 Å². The lowest BCUT2D eigenvalue weighted by atomic mass is 10.2. The van der Waals surface area contributed by atoms with Crippen molar-refractivity contribution >= 4 is 11.9 Å². The van der Waals surface area contributed by atoms with Gasteiger partial charge in [-0.3, -0.25) is 14.3 Å². The molecule has 1 aliphatic rings. The highest BCUT2D eigenvalue weighted by Gasteiger charge is 2.24. The fourth-order valence-corrected chi connectivity index (χ4v) is 2.52. The largest absolute Gasteiger partial charge is 0.464 e. The van der Waals surface area contributed by atoms with Gasteiger partial charge in [-0.05, 0) is 6.07 Å². The Morgan fingerprint density at radius 2 is 2.22 bits per heavy atom. The summed E-state index contributed by atoms with van der Waals surface area (Å²) in [7, 11) is 1.30. The van der Waals surface area contributed by atoms with Gasteiger partial charge in [0.1, 0.15) is 5.76 Å². The molecule has 0 atom stereocenters. The number of nitrogens with zero attached hydrogens (tertiary/aromatic N) is 3. The van der Waals surface area contributed by atoms with Gasteiger partial charge >= 0.3 is 5.97 Å². The van der Waals surface area contributed by atoms with Crippen LogP contribution in [0.2, 0.25) is 0 Å². The van der Waals surface area contributed by atoms with Crippen molar-refractivity contribution in [1.82, 2.24) is 19.8 Å². The van der Waals surface area contributed by atoms with Crippen molar-refractivity contribution in [3.63, 3.8) is 0 Å². The van der Waals surface area contributed by atoms with Crippen molar-refractivity contribution in [3.8, 4) is 0 Å². The lowest BCUT2D eigenvalue weighted by Gasteiger charge is -2.27. The summed E-state index contributed by atoms with van der Waals surface area (Å²) < 4.78 is 11.3. The molecule has 0 spiro atoms. The van der Waals surface area contributed by atoms with Crippen LogP contribution in [0.15, 0.2) is 21.5 Å². The lowest BCUT2D eigenvalue weighted by Crippen LogP contribution is -2.38. The second-order valence-corrected chi connectivity index (χ2v) is 5.23. The Morgan fingerprint density at radius 1 is 1.39 bits per heavy atom. The standard InChI is InChI=1S/C14H16N4O5/c1-22-14(21)11-6-9-8-17(4-5-18(9)15-11)13(20)3-2-10-7-12(19)16-23-10/h6-7H,2-5,8H2,1H3,(H,16,19). The zero-order valence-electron chi connectivity index (χ0n) is 12.6. The first-order valence-corrected chi connectivity index (χ1v) is 7.17. The number of rotatable bonds is 4. The Hall–Kier alpha value is -2.84. The predicted octanol–water partition coefficient (Wildman–Crippen LogP) is -0.0740. The summed E-state index contributed by atoms with van der Waals surface area (Å²) in [4.78, 5) is 36.4. The Bertz CT molecular complexity index is 787. The van der Waals surface area contributed by atoms with E-state index >= 15 is 0 Å². The molecule has 0 unspecified atom stereocenters. The van der Waals surface area contributed by atoms with Crippen LogP contribution in [0.4, 0.5) is 0 Å². The van der Waals surface area contributed by atoms with Gasteiger partial charge in [0, 0.05) is 25.5 Å². The maximum atomic E-state index is 12.3. The van der Waals surface area contributed by atoms with Gasteiger partial charge in [0.05, 0.1) is 25.9 Å². The van der Waals surface area contributed by atoms with Gasteiger partial charge in [0.25, 0.3) is 5.56 Å². The smallest absolute Gasteiger partial charge is 0.358 e. The molecule has 9 heteroatoms. The van der Waals surface area contributed by atoms with Crippen molar-refractivity contribution in [2.24, 2.45) is 0 Å². The molecule has 1 amide bonds. The third-order valence-corrected chi connectivity index (χ3v) is 3.71. The molecule has 0 radical (unpaired) electrons. The minimum atomic E-state index is -0.493. The number of fused-ring (bicyclic) bond motifs is 1. The molecule has 9 nitrogen and oxygen atoms in total. The van der Waals surface area contributed by atoms with Gasteiger partial charge < -0.3 is 14.2 Å². The molecule has 0 aromatic carbocycles. The van der Waals surface area contributed by atoms with E-state index in [0.29, 0.717) is 31.8 Å².